The van der Waals surface area contributed by atoms with E-state index in [0.717, 1.165) is 11.8 Å². The van der Waals surface area contributed by atoms with E-state index in [1.165, 1.54) is 44.3 Å². The van der Waals surface area contributed by atoms with E-state index in [2.05, 4.69) is 42.6 Å². The zero-order valence-electron chi connectivity index (χ0n) is 10.3. The van der Waals surface area contributed by atoms with Crippen LogP contribution in [0.4, 0.5) is 0 Å². The van der Waals surface area contributed by atoms with Crippen molar-refractivity contribution in [2.24, 2.45) is 5.92 Å². The van der Waals surface area contributed by atoms with Crippen molar-refractivity contribution in [3.63, 3.8) is 0 Å². The van der Waals surface area contributed by atoms with Crippen molar-refractivity contribution in [2.45, 2.75) is 38.5 Å². The highest BCUT2D eigenvalue weighted by molar-refractivity contribution is 5.18. The summed E-state index contributed by atoms with van der Waals surface area (Å²) >= 11 is 0. The van der Waals surface area contributed by atoms with Gasteiger partial charge in [0.05, 0.1) is 0 Å². The van der Waals surface area contributed by atoms with Crippen LogP contribution in [0.2, 0.25) is 0 Å². The van der Waals surface area contributed by atoms with Crippen molar-refractivity contribution in [2.75, 3.05) is 13.1 Å². The summed E-state index contributed by atoms with van der Waals surface area (Å²) in [6.45, 7) is 4.81. The van der Waals surface area contributed by atoms with Gasteiger partial charge in [-0.3, -0.25) is 0 Å². The van der Waals surface area contributed by atoms with Gasteiger partial charge in [0.25, 0.3) is 0 Å². The third kappa shape index (κ3) is 3.34. The molecule has 0 radical (unpaired) electrons. The van der Waals surface area contributed by atoms with E-state index in [-0.39, 0.29) is 0 Å². The highest BCUT2D eigenvalue weighted by Gasteiger charge is 2.14. The van der Waals surface area contributed by atoms with Crippen LogP contribution in [0.25, 0.3) is 0 Å². The molecule has 16 heavy (non-hydrogen) atoms. The number of hydrogen-bond acceptors (Lipinski definition) is 1. The lowest BCUT2D eigenvalue weighted by Crippen LogP contribution is -2.27. The van der Waals surface area contributed by atoms with E-state index in [9.17, 15) is 0 Å². The first-order valence-electron chi connectivity index (χ1n) is 6.62. The lowest BCUT2D eigenvalue weighted by Gasteiger charge is -2.23. The molecule has 0 amide bonds. The molecule has 1 aromatic carbocycles. The fraction of sp³-hybridized carbons (Fsp3) is 0.600. The predicted molar refractivity (Wildman–Crippen MR) is 69.7 cm³/mol. The maximum absolute atomic E-state index is 3.43. The second-order valence-electron chi connectivity index (χ2n) is 5.08. The molecule has 88 valence electrons. The molecule has 1 aromatic rings. The maximum Gasteiger partial charge on any atom is -0.00463 e. The molecule has 2 rings (SSSR count). The molecule has 1 aliphatic heterocycles. The number of nitrogens with one attached hydrogen (secondary N) is 1. The SMILES string of the molecule is C[C@H](CCC1CCNCC1)c1ccccc1. The molecule has 1 saturated heterocycles. The molecule has 0 saturated carbocycles. The van der Waals surface area contributed by atoms with E-state index in [4.69, 9.17) is 0 Å². The lowest BCUT2D eigenvalue weighted by molar-refractivity contribution is 0.339. The first-order valence-corrected chi connectivity index (χ1v) is 6.62. The van der Waals surface area contributed by atoms with Gasteiger partial charge in [-0.1, -0.05) is 37.3 Å². The average molecular weight is 217 g/mol. The fourth-order valence-corrected chi connectivity index (χ4v) is 2.60. The summed E-state index contributed by atoms with van der Waals surface area (Å²) < 4.78 is 0. The van der Waals surface area contributed by atoms with Gasteiger partial charge in [0, 0.05) is 0 Å². The van der Waals surface area contributed by atoms with Crippen LogP contribution in [-0.4, -0.2) is 13.1 Å². The zero-order valence-corrected chi connectivity index (χ0v) is 10.3. The largest absolute Gasteiger partial charge is 0.317 e. The standard InChI is InChI=1S/C15H23N/c1-13(15-5-3-2-4-6-15)7-8-14-9-11-16-12-10-14/h2-6,13-14,16H,7-12H2,1H3/t13-/m1/s1. The number of rotatable bonds is 4. The molecular formula is C15H23N. The molecule has 1 heteroatoms. The Balaban J connectivity index is 1.77. The molecule has 0 bridgehead atoms. The van der Waals surface area contributed by atoms with Crippen molar-refractivity contribution in [1.82, 2.24) is 5.32 Å². The topological polar surface area (TPSA) is 12.0 Å². The van der Waals surface area contributed by atoms with Crippen molar-refractivity contribution < 1.29 is 0 Å². The Bertz CT molecular complexity index is 288. The minimum absolute atomic E-state index is 0.719. The molecule has 1 heterocycles. The Morgan fingerprint density at radius 1 is 1.19 bits per heavy atom. The third-order valence-electron chi connectivity index (χ3n) is 3.84. The molecule has 0 unspecified atom stereocenters. The first-order chi connectivity index (χ1) is 7.86. The summed E-state index contributed by atoms with van der Waals surface area (Å²) in [5.41, 5.74) is 1.50. The van der Waals surface area contributed by atoms with Gasteiger partial charge >= 0.3 is 0 Å². The second kappa shape index (κ2) is 6.05. The summed E-state index contributed by atoms with van der Waals surface area (Å²) in [5.74, 6) is 1.68. The molecule has 1 nitrogen and oxygen atoms in total. The van der Waals surface area contributed by atoms with E-state index >= 15 is 0 Å². The van der Waals surface area contributed by atoms with Crippen LogP contribution in [0.5, 0.6) is 0 Å². The molecule has 1 fully saturated rings. The Morgan fingerprint density at radius 3 is 2.56 bits per heavy atom. The highest BCUT2D eigenvalue weighted by Crippen LogP contribution is 2.25. The summed E-state index contributed by atoms with van der Waals surface area (Å²) in [6.07, 6.45) is 5.50. The Morgan fingerprint density at radius 2 is 1.88 bits per heavy atom. The van der Waals surface area contributed by atoms with E-state index in [1.54, 1.807) is 0 Å². The van der Waals surface area contributed by atoms with E-state index in [1.807, 2.05) is 0 Å². The molecule has 1 N–H and O–H groups in total. The monoisotopic (exact) mass is 217 g/mol. The smallest absolute Gasteiger partial charge is 0.00463 e. The van der Waals surface area contributed by atoms with Gasteiger partial charge < -0.3 is 5.32 Å². The van der Waals surface area contributed by atoms with Crippen LogP contribution in [0, 0.1) is 5.92 Å². The van der Waals surface area contributed by atoms with Crippen LogP contribution in [-0.2, 0) is 0 Å². The highest BCUT2D eigenvalue weighted by atomic mass is 14.9. The van der Waals surface area contributed by atoms with Gasteiger partial charge in [0.15, 0.2) is 0 Å². The minimum Gasteiger partial charge on any atom is -0.317 e. The molecule has 0 aliphatic carbocycles. The number of hydrogen-bond donors (Lipinski definition) is 1. The molecule has 0 spiro atoms. The molecule has 1 aliphatic rings. The van der Waals surface area contributed by atoms with Crippen molar-refractivity contribution in [3.05, 3.63) is 35.9 Å². The minimum atomic E-state index is 0.719. The number of piperidine rings is 1. The Kier molecular flexibility index (Phi) is 4.41. The normalized spacial score (nSPS) is 19.6. The van der Waals surface area contributed by atoms with Gasteiger partial charge in [-0.15, -0.1) is 0 Å². The van der Waals surface area contributed by atoms with Crippen LogP contribution >= 0.6 is 0 Å². The predicted octanol–water partition coefficient (Wildman–Crippen LogP) is 3.57. The van der Waals surface area contributed by atoms with Crippen molar-refractivity contribution >= 4 is 0 Å². The molecule has 0 aromatic heterocycles. The number of benzene rings is 1. The Hall–Kier alpha value is -0.820. The quantitative estimate of drug-likeness (QED) is 0.813. The van der Waals surface area contributed by atoms with Crippen LogP contribution < -0.4 is 5.32 Å². The fourth-order valence-electron chi connectivity index (χ4n) is 2.60. The van der Waals surface area contributed by atoms with Crippen LogP contribution in [0.1, 0.15) is 44.1 Å². The Labute approximate surface area is 99.3 Å². The van der Waals surface area contributed by atoms with Crippen molar-refractivity contribution in [3.8, 4) is 0 Å². The van der Waals surface area contributed by atoms with Gasteiger partial charge in [0.1, 0.15) is 0 Å². The average Bonchev–Trinajstić information content (AvgIpc) is 2.38. The third-order valence-corrected chi connectivity index (χ3v) is 3.84. The van der Waals surface area contributed by atoms with E-state index in [0.29, 0.717) is 0 Å². The zero-order chi connectivity index (χ0) is 11.2. The maximum atomic E-state index is 3.43. The van der Waals surface area contributed by atoms with E-state index < -0.39 is 0 Å². The van der Waals surface area contributed by atoms with Crippen LogP contribution in [0.3, 0.4) is 0 Å². The van der Waals surface area contributed by atoms with Gasteiger partial charge in [-0.25, -0.2) is 0 Å². The van der Waals surface area contributed by atoms with Gasteiger partial charge in [-0.05, 0) is 56.2 Å². The molecular weight excluding hydrogens is 194 g/mol. The second-order valence-corrected chi connectivity index (χ2v) is 5.08. The summed E-state index contributed by atoms with van der Waals surface area (Å²) in [4.78, 5) is 0. The van der Waals surface area contributed by atoms with Gasteiger partial charge in [-0.2, -0.15) is 0 Å². The first kappa shape index (κ1) is 11.7. The summed E-state index contributed by atoms with van der Waals surface area (Å²) in [7, 11) is 0. The summed E-state index contributed by atoms with van der Waals surface area (Å²) in [5, 5.41) is 3.43. The lowest BCUT2D eigenvalue weighted by atomic mass is 9.87. The summed E-state index contributed by atoms with van der Waals surface area (Å²) in [6, 6.07) is 10.9. The van der Waals surface area contributed by atoms with Gasteiger partial charge in [0.2, 0.25) is 0 Å². The van der Waals surface area contributed by atoms with Crippen molar-refractivity contribution in [1.29, 1.82) is 0 Å². The van der Waals surface area contributed by atoms with Crippen LogP contribution in [0.15, 0.2) is 30.3 Å². The molecule has 1 atom stereocenters.